The van der Waals surface area contributed by atoms with Crippen LogP contribution < -0.4 is 5.32 Å². The zero-order valence-corrected chi connectivity index (χ0v) is 15.9. The zero-order valence-electron chi connectivity index (χ0n) is 15.1. The molecule has 0 spiro atoms. The minimum absolute atomic E-state index is 0.0424. The molecule has 136 valence electrons. The number of hydrogen-bond acceptors (Lipinski definition) is 2. The molecule has 1 heterocycles. The Hall–Kier alpha value is -2.30. The van der Waals surface area contributed by atoms with Crippen molar-refractivity contribution in [1.82, 2.24) is 15.2 Å². The molecule has 0 saturated heterocycles. The van der Waals surface area contributed by atoms with Crippen LogP contribution in [0.4, 0.5) is 0 Å². The number of amides is 1. The quantitative estimate of drug-likeness (QED) is 0.656. The van der Waals surface area contributed by atoms with Crippen LogP contribution in [-0.2, 0) is 11.2 Å². The predicted molar refractivity (Wildman–Crippen MR) is 108 cm³/mol. The van der Waals surface area contributed by atoms with Gasteiger partial charge in [0.05, 0.1) is 6.04 Å². The van der Waals surface area contributed by atoms with Crippen LogP contribution in [-0.4, -0.2) is 36.4 Å². The first kappa shape index (κ1) is 18.5. The van der Waals surface area contributed by atoms with Gasteiger partial charge < -0.3 is 15.2 Å². The predicted octanol–water partition coefficient (Wildman–Crippen LogP) is 4.17. The summed E-state index contributed by atoms with van der Waals surface area (Å²) >= 11 is 6.32. The van der Waals surface area contributed by atoms with E-state index in [-0.39, 0.29) is 11.9 Å². The minimum atomic E-state index is 0.0424. The molecule has 1 atom stereocenters. The molecule has 0 fully saturated rings. The Kier molecular flexibility index (Phi) is 5.96. The van der Waals surface area contributed by atoms with E-state index in [4.69, 9.17) is 11.6 Å². The van der Waals surface area contributed by atoms with Gasteiger partial charge in [-0.05, 0) is 43.8 Å². The molecular weight excluding hydrogens is 346 g/mol. The molecule has 1 amide bonds. The van der Waals surface area contributed by atoms with Gasteiger partial charge in [-0.15, -0.1) is 0 Å². The number of benzene rings is 2. The number of fused-ring (bicyclic) bond motifs is 1. The Balaban J connectivity index is 1.58. The third-order valence-corrected chi connectivity index (χ3v) is 5.02. The van der Waals surface area contributed by atoms with Crippen molar-refractivity contribution in [3.05, 3.63) is 70.9 Å². The largest absolute Gasteiger partial charge is 0.361 e. The van der Waals surface area contributed by atoms with E-state index in [2.05, 4.69) is 21.3 Å². The van der Waals surface area contributed by atoms with Gasteiger partial charge in [0, 0.05) is 35.1 Å². The van der Waals surface area contributed by atoms with E-state index < -0.39 is 0 Å². The van der Waals surface area contributed by atoms with Crippen LogP contribution in [0.15, 0.2) is 54.7 Å². The second-order valence-electron chi connectivity index (χ2n) is 6.66. The van der Waals surface area contributed by atoms with E-state index in [0.717, 1.165) is 16.1 Å². The number of para-hydroxylation sites is 1. The van der Waals surface area contributed by atoms with Crippen LogP contribution in [0.1, 0.15) is 23.6 Å². The molecule has 3 aromatic rings. The van der Waals surface area contributed by atoms with Crippen LogP contribution in [0.3, 0.4) is 0 Å². The van der Waals surface area contributed by atoms with Crippen LogP contribution in [0.2, 0.25) is 5.02 Å². The summed E-state index contributed by atoms with van der Waals surface area (Å²) in [5.74, 6) is 0.0502. The topological polar surface area (TPSA) is 48.1 Å². The Morgan fingerprint density at radius 1 is 1.15 bits per heavy atom. The highest BCUT2D eigenvalue weighted by molar-refractivity contribution is 6.31. The van der Waals surface area contributed by atoms with Crippen molar-refractivity contribution in [3.8, 4) is 0 Å². The fourth-order valence-corrected chi connectivity index (χ4v) is 3.46. The standard InChI is InChI=1S/C21H24ClN3O/c1-25(2)20(17-8-3-5-9-18(17)22)14-24-21(26)12-11-15-13-23-19-10-6-4-7-16(15)19/h3-10,13,20,23H,11-12,14H2,1-2H3,(H,24,26). The number of hydrogen-bond donors (Lipinski definition) is 2. The van der Waals surface area contributed by atoms with E-state index >= 15 is 0 Å². The number of H-pyrrole nitrogens is 1. The van der Waals surface area contributed by atoms with Crippen molar-refractivity contribution >= 4 is 28.4 Å². The summed E-state index contributed by atoms with van der Waals surface area (Å²) in [7, 11) is 3.98. The molecule has 3 rings (SSSR count). The summed E-state index contributed by atoms with van der Waals surface area (Å²) in [6, 6.07) is 16.0. The summed E-state index contributed by atoms with van der Waals surface area (Å²) in [5.41, 5.74) is 3.30. The number of nitrogens with zero attached hydrogens (tertiary/aromatic N) is 1. The Bertz CT molecular complexity index is 888. The number of aromatic amines is 1. The number of rotatable bonds is 7. The van der Waals surface area contributed by atoms with Crippen molar-refractivity contribution in [2.75, 3.05) is 20.6 Å². The van der Waals surface area contributed by atoms with E-state index in [1.165, 1.54) is 10.9 Å². The number of aryl methyl sites for hydroxylation is 1. The fraction of sp³-hybridized carbons (Fsp3) is 0.286. The molecule has 0 aliphatic heterocycles. The van der Waals surface area contributed by atoms with Crippen LogP contribution in [0, 0.1) is 0 Å². The normalized spacial score (nSPS) is 12.5. The molecule has 26 heavy (non-hydrogen) atoms. The SMILES string of the molecule is CN(C)C(CNC(=O)CCc1c[nH]c2ccccc12)c1ccccc1Cl. The monoisotopic (exact) mass is 369 g/mol. The number of likely N-dealkylation sites (N-methyl/N-ethyl adjacent to an activating group) is 1. The van der Waals surface area contributed by atoms with E-state index in [9.17, 15) is 4.79 Å². The lowest BCUT2D eigenvalue weighted by atomic mass is 10.1. The van der Waals surface area contributed by atoms with Gasteiger partial charge >= 0.3 is 0 Å². The van der Waals surface area contributed by atoms with Gasteiger partial charge in [0.1, 0.15) is 0 Å². The summed E-state index contributed by atoms with van der Waals surface area (Å²) in [6.45, 7) is 0.531. The van der Waals surface area contributed by atoms with Gasteiger partial charge in [0.15, 0.2) is 0 Å². The number of carbonyl (C=O) groups excluding carboxylic acids is 1. The van der Waals surface area contributed by atoms with Gasteiger partial charge in [-0.2, -0.15) is 0 Å². The van der Waals surface area contributed by atoms with Gasteiger partial charge in [-0.3, -0.25) is 4.79 Å². The maximum absolute atomic E-state index is 12.3. The second kappa shape index (κ2) is 8.39. The summed E-state index contributed by atoms with van der Waals surface area (Å²) in [5, 5.41) is 4.96. The Morgan fingerprint density at radius 3 is 2.65 bits per heavy atom. The molecular formula is C21H24ClN3O. The van der Waals surface area contributed by atoms with E-state index in [1.54, 1.807) is 0 Å². The number of nitrogens with one attached hydrogen (secondary N) is 2. The first-order valence-electron chi connectivity index (χ1n) is 8.79. The smallest absolute Gasteiger partial charge is 0.220 e. The first-order chi connectivity index (χ1) is 12.6. The molecule has 0 aliphatic carbocycles. The second-order valence-corrected chi connectivity index (χ2v) is 7.07. The van der Waals surface area contributed by atoms with E-state index in [1.807, 2.05) is 62.8 Å². The molecule has 1 unspecified atom stereocenters. The van der Waals surface area contributed by atoms with Crippen molar-refractivity contribution in [2.45, 2.75) is 18.9 Å². The van der Waals surface area contributed by atoms with Crippen LogP contribution in [0.5, 0.6) is 0 Å². The number of carbonyl (C=O) groups is 1. The lowest BCUT2D eigenvalue weighted by Gasteiger charge is -2.26. The molecule has 4 nitrogen and oxygen atoms in total. The lowest BCUT2D eigenvalue weighted by Crippen LogP contribution is -2.34. The maximum atomic E-state index is 12.3. The Morgan fingerprint density at radius 2 is 1.88 bits per heavy atom. The molecule has 0 radical (unpaired) electrons. The lowest BCUT2D eigenvalue weighted by molar-refractivity contribution is -0.121. The number of aromatic nitrogens is 1. The van der Waals surface area contributed by atoms with Crippen molar-refractivity contribution in [3.63, 3.8) is 0 Å². The van der Waals surface area contributed by atoms with E-state index in [0.29, 0.717) is 19.4 Å². The van der Waals surface area contributed by atoms with Crippen LogP contribution in [0.25, 0.3) is 10.9 Å². The molecule has 1 aromatic heterocycles. The highest BCUT2D eigenvalue weighted by atomic mass is 35.5. The van der Waals surface area contributed by atoms with Gasteiger partial charge in [0.2, 0.25) is 5.91 Å². The summed E-state index contributed by atoms with van der Waals surface area (Å²) < 4.78 is 0. The zero-order chi connectivity index (χ0) is 18.5. The number of halogens is 1. The summed E-state index contributed by atoms with van der Waals surface area (Å²) in [6.07, 6.45) is 3.17. The molecule has 2 N–H and O–H groups in total. The van der Waals surface area contributed by atoms with Crippen molar-refractivity contribution < 1.29 is 4.79 Å². The van der Waals surface area contributed by atoms with Crippen molar-refractivity contribution in [2.24, 2.45) is 0 Å². The highest BCUT2D eigenvalue weighted by Gasteiger charge is 2.17. The van der Waals surface area contributed by atoms with Gasteiger partial charge in [-0.1, -0.05) is 48.0 Å². The van der Waals surface area contributed by atoms with Gasteiger partial charge in [0.25, 0.3) is 0 Å². The molecule has 0 bridgehead atoms. The maximum Gasteiger partial charge on any atom is 0.220 e. The van der Waals surface area contributed by atoms with Crippen molar-refractivity contribution in [1.29, 1.82) is 0 Å². The first-order valence-corrected chi connectivity index (χ1v) is 9.16. The molecule has 2 aromatic carbocycles. The third-order valence-electron chi connectivity index (χ3n) is 4.68. The molecule has 5 heteroatoms. The fourth-order valence-electron chi connectivity index (χ4n) is 3.20. The molecule has 0 saturated carbocycles. The highest BCUT2D eigenvalue weighted by Crippen LogP contribution is 2.25. The Labute approximate surface area is 159 Å². The summed E-state index contributed by atoms with van der Waals surface area (Å²) in [4.78, 5) is 17.7. The van der Waals surface area contributed by atoms with Crippen LogP contribution >= 0.6 is 11.6 Å². The van der Waals surface area contributed by atoms with Gasteiger partial charge in [-0.25, -0.2) is 0 Å². The average Bonchev–Trinajstić information content (AvgIpc) is 3.04. The third kappa shape index (κ3) is 4.26. The minimum Gasteiger partial charge on any atom is -0.361 e. The average molecular weight is 370 g/mol. The molecule has 0 aliphatic rings.